The van der Waals surface area contributed by atoms with E-state index in [2.05, 4.69) is 4.98 Å². The number of benzene rings is 1. The Balaban J connectivity index is 2.12. The van der Waals surface area contributed by atoms with E-state index in [0.29, 0.717) is 5.69 Å². The first-order valence-electron chi connectivity index (χ1n) is 5.16. The van der Waals surface area contributed by atoms with Crippen LogP contribution in [0.3, 0.4) is 0 Å². The fourth-order valence-electron chi connectivity index (χ4n) is 1.84. The maximum absolute atomic E-state index is 11.5. The van der Waals surface area contributed by atoms with E-state index in [0.717, 1.165) is 15.8 Å². The summed E-state index contributed by atoms with van der Waals surface area (Å²) < 4.78 is 0. The molecular weight excluding hydrogens is 216 g/mol. The van der Waals surface area contributed by atoms with Gasteiger partial charge in [-0.2, -0.15) is 0 Å². The number of hydrogen-bond acceptors (Lipinski definition) is 3. The average molecular weight is 224 g/mol. The van der Waals surface area contributed by atoms with Crippen LogP contribution in [0.15, 0.2) is 48.7 Å². The van der Waals surface area contributed by atoms with Crippen molar-refractivity contribution in [3.63, 3.8) is 0 Å². The third-order valence-corrected chi connectivity index (χ3v) is 2.64. The molecule has 0 N–H and O–H groups in total. The average Bonchev–Trinajstić information content (AvgIpc) is 2.68. The van der Waals surface area contributed by atoms with Gasteiger partial charge >= 0.3 is 0 Å². The summed E-state index contributed by atoms with van der Waals surface area (Å²) >= 11 is 0. The smallest absolute Gasteiger partial charge is 0.258 e. The molecule has 1 aromatic carbocycles. The Morgan fingerprint density at radius 3 is 2.47 bits per heavy atom. The first-order valence-corrected chi connectivity index (χ1v) is 5.16. The van der Waals surface area contributed by atoms with E-state index in [9.17, 15) is 9.59 Å². The Morgan fingerprint density at radius 2 is 1.71 bits per heavy atom. The van der Waals surface area contributed by atoms with Gasteiger partial charge in [-0.1, -0.05) is 18.2 Å². The summed E-state index contributed by atoms with van der Waals surface area (Å²) in [7, 11) is 0. The highest BCUT2D eigenvalue weighted by Crippen LogP contribution is 2.22. The molecule has 2 heterocycles. The van der Waals surface area contributed by atoms with Crippen LogP contribution >= 0.6 is 0 Å². The van der Waals surface area contributed by atoms with Crippen molar-refractivity contribution < 1.29 is 9.59 Å². The molecule has 0 atom stereocenters. The topological polar surface area (TPSA) is 50.3 Å². The normalized spacial score (nSPS) is 14.9. The van der Waals surface area contributed by atoms with E-state index < -0.39 is 0 Å². The zero-order chi connectivity index (χ0) is 11.8. The molecular formula is C13H8N2O2. The Bertz CT molecular complexity index is 643. The van der Waals surface area contributed by atoms with Gasteiger partial charge in [-0.05, 0) is 12.1 Å². The molecule has 1 aromatic heterocycles. The molecule has 0 spiro atoms. The van der Waals surface area contributed by atoms with Crippen molar-refractivity contribution in [3.8, 4) is 0 Å². The van der Waals surface area contributed by atoms with E-state index in [-0.39, 0.29) is 11.8 Å². The number of nitrogens with zero attached hydrogens (tertiary/aromatic N) is 2. The zero-order valence-corrected chi connectivity index (χ0v) is 8.83. The Morgan fingerprint density at radius 1 is 1.00 bits per heavy atom. The molecule has 0 fully saturated rings. The Hall–Kier alpha value is -2.49. The minimum absolute atomic E-state index is 0.327. The molecule has 0 bridgehead atoms. The van der Waals surface area contributed by atoms with Crippen LogP contribution in [0.4, 0.5) is 5.69 Å². The summed E-state index contributed by atoms with van der Waals surface area (Å²) in [6.45, 7) is 0. The van der Waals surface area contributed by atoms with Gasteiger partial charge in [0, 0.05) is 17.5 Å². The maximum atomic E-state index is 11.5. The minimum Gasteiger partial charge on any atom is -0.269 e. The number of carbonyl (C=O) groups is 2. The number of para-hydroxylation sites is 1. The number of fused-ring (bicyclic) bond motifs is 1. The first-order chi connectivity index (χ1) is 8.25. The SMILES string of the molecule is O=C1C=CC(=O)N1c1cnc2ccccc2c1. The standard InChI is InChI=1S/C13H8N2O2/c16-12-5-6-13(17)15(12)10-7-9-3-1-2-4-11(9)14-8-10/h1-8H. The molecule has 3 rings (SSSR count). The van der Waals surface area contributed by atoms with Crippen LogP contribution in [-0.4, -0.2) is 16.8 Å². The molecule has 82 valence electrons. The molecule has 2 aromatic rings. The van der Waals surface area contributed by atoms with Crippen molar-refractivity contribution in [2.45, 2.75) is 0 Å². The second-order valence-corrected chi connectivity index (χ2v) is 3.73. The summed E-state index contributed by atoms with van der Waals surface area (Å²) in [5.41, 5.74) is 1.34. The quantitative estimate of drug-likeness (QED) is 0.692. The van der Waals surface area contributed by atoms with E-state index in [4.69, 9.17) is 0 Å². The van der Waals surface area contributed by atoms with E-state index in [1.54, 1.807) is 6.07 Å². The Labute approximate surface area is 97.2 Å². The lowest BCUT2D eigenvalue weighted by Gasteiger charge is -2.13. The Kier molecular flexibility index (Phi) is 2.01. The molecule has 0 unspecified atom stereocenters. The molecule has 1 aliphatic heterocycles. The predicted molar refractivity (Wildman–Crippen MR) is 63.4 cm³/mol. The van der Waals surface area contributed by atoms with Crippen LogP contribution < -0.4 is 4.90 Å². The van der Waals surface area contributed by atoms with Crippen LogP contribution in [0.2, 0.25) is 0 Å². The van der Waals surface area contributed by atoms with Crippen LogP contribution in [0.25, 0.3) is 10.9 Å². The van der Waals surface area contributed by atoms with Gasteiger partial charge in [0.1, 0.15) is 0 Å². The van der Waals surface area contributed by atoms with Crippen molar-refractivity contribution in [2.24, 2.45) is 0 Å². The van der Waals surface area contributed by atoms with Crippen molar-refractivity contribution in [3.05, 3.63) is 48.7 Å². The van der Waals surface area contributed by atoms with Crippen molar-refractivity contribution in [1.29, 1.82) is 0 Å². The van der Waals surface area contributed by atoms with Crippen molar-refractivity contribution in [1.82, 2.24) is 4.98 Å². The van der Waals surface area contributed by atoms with Gasteiger partial charge in [0.15, 0.2) is 0 Å². The predicted octanol–water partition coefficient (Wildman–Crippen LogP) is 1.66. The van der Waals surface area contributed by atoms with Gasteiger partial charge in [-0.25, -0.2) is 4.90 Å². The van der Waals surface area contributed by atoms with Gasteiger partial charge in [-0.15, -0.1) is 0 Å². The van der Waals surface area contributed by atoms with Crippen LogP contribution in [0, 0.1) is 0 Å². The number of pyridine rings is 1. The highest BCUT2D eigenvalue weighted by molar-refractivity contribution is 6.28. The van der Waals surface area contributed by atoms with Gasteiger partial charge in [0.2, 0.25) is 0 Å². The van der Waals surface area contributed by atoms with Crippen molar-refractivity contribution in [2.75, 3.05) is 4.90 Å². The number of rotatable bonds is 1. The molecule has 4 nitrogen and oxygen atoms in total. The number of imide groups is 1. The van der Waals surface area contributed by atoms with Gasteiger partial charge in [0.05, 0.1) is 17.4 Å². The molecule has 17 heavy (non-hydrogen) atoms. The highest BCUT2D eigenvalue weighted by atomic mass is 16.2. The van der Waals surface area contributed by atoms with Crippen LogP contribution in [0.5, 0.6) is 0 Å². The first kappa shape index (κ1) is 9.72. The molecule has 4 heteroatoms. The van der Waals surface area contributed by atoms with E-state index in [1.165, 1.54) is 18.3 Å². The number of anilines is 1. The summed E-state index contributed by atoms with van der Waals surface area (Å²) in [5.74, 6) is -0.654. The molecule has 1 aliphatic rings. The second-order valence-electron chi connectivity index (χ2n) is 3.73. The summed E-state index contributed by atoms with van der Waals surface area (Å²) in [6, 6.07) is 9.34. The largest absolute Gasteiger partial charge is 0.269 e. The fraction of sp³-hybridized carbons (Fsp3) is 0. The van der Waals surface area contributed by atoms with E-state index >= 15 is 0 Å². The summed E-state index contributed by atoms with van der Waals surface area (Å²) in [6.07, 6.45) is 4.06. The van der Waals surface area contributed by atoms with Gasteiger partial charge in [0.25, 0.3) is 11.8 Å². The lowest BCUT2D eigenvalue weighted by Crippen LogP contribution is -2.29. The number of hydrogen-bond donors (Lipinski definition) is 0. The maximum Gasteiger partial charge on any atom is 0.258 e. The molecule has 0 saturated heterocycles. The minimum atomic E-state index is -0.327. The third kappa shape index (κ3) is 1.50. The zero-order valence-electron chi connectivity index (χ0n) is 8.83. The second kappa shape index (κ2) is 3.52. The fourth-order valence-corrected chi connectivity index (χ4v) is 1.84. The van der Waals surface area contributed by atoms with Crippen LogP contribution in [0.1, 0.15) is 0 Å². The summed E-state index contributed by atoms with van der Waals surface area (Å²) in [4.78, 5) is 28.4. The molecule has 0 aliphatic carbocycles. The van der Waals surface area contributed by atoms with Crippen LogP contribution in [-0.2, 0) is 9.59 Å². The number of amides is 2. The lowest BCUT2D eigenvalue weighted by atomic mass is 10.2. The highest BCUT2D eigenvalue weighted by Gasteiger charge is 2.25. The molecule has 0 saturated carbocycles. The third-order valence-electron chi connectivity index (χ3n) is 2.64. The summed E-state index contributed by atoms with van der Waals surface area (Å²) in [5, 5.41) is 0.900. The lowest BCUT2D eigenvalue weighted by molar-refractivity contribution is -0.119. The van der Waals surface area contributed by atoms with Gasteiger partial charge in [-0.3, -0.25) is 14.6 Å². The number of aromatic nitrogens is 1. The van der Waals surface area contributed by atoms with Crippen molar-refractivity contribution >= 4 is 28.4 Å². The van der Waals surface area contributed by atoms with Gasteiger partial charge < -0.3 is 0 Å². The number of carbonyl (C=O) groups excluding carboxylic acids is 2. The van der Waals surface area contributed by atoms with E-state index in [1.807, 2.05) is 24.3 Å². The monoisotopic (exact) mass is 224 g/mol. The molecule has 0 radical (unpaired) electrons. The molecule has 2 amide bonds.